The first-order valence-electron chi connectivity index (χ1n) is 11.8. The maximum atomic E-state index is 13.1. The molecule has 0 radical (unpaired) electrons. The molecule has 1 aromatic carbocycles. The number of nitrogens with one attached hydrogen (secondary N) is 2. The van der Waals surface area contributed by atoms with Crippen LogP contribution in [0, 0.1) is 6.92 Å². The molecule has 4 N–H and O–H groups in total. The third-order valence-corrected chi connectivity index (χ3v) is 5.19. The number of fused-ring (bicyclic) bond motifs is 1. The van der Waals surface area contributed by atoms with Crippen molar-refractivity contribution in [3.05, 3.63) is 47.3 Å². The number of rotatable bonds is 9. The topological polar surface area (TPSA) is 155 Å². The number of carbonyl (C=O) groups excluding carboxylic acids is 3. The Balaban J connectivity index is 1.93. The summed E-state index contributed by atoms with van der Waals surface area (Å²) in [6, 6.07) is 4.76. The fourth-order valence-corrected chi connectivity index (χ4v) is 3.66. The van der Waals surface area contributed by atoms with E-state index in [1.165, 1.54) is 13.2 Å². The molecule has 3 rings (SSSR count). The van der Waals surface area contributed by atoms with Crippen LogP contribution in [0.1, 0.15) is 54.2 Å². The number of anilines is 1. The summed E-state index contributed by atoms with van der Waals surface area (Å²) in [5, 5.41) is 9.82. The van der Waals surface area contributed by atoms with Gasteiger partial charge in [-0.2, -0.15) is 5.10 Å². The summed E-state index contributed by atoms with van der Waals surface area (Å²) in [7, 11) is 1.47. The molecule has 0 atom stereocenters. The van der Waals surface area contributed by atoms with E-state index < -0.39 is 17.6 Å². The van der Waals surface area contributed by atoms with Crippen LogP contribution in [-0.2, 0) is 17.8 Å². The van der Waals surface area contributed by atoms with E-state index >= 15 is 0 Å². The van der Waals surface area contributed by atoms with Gasteiger partial charge in [-0.15, -0.1) is 0 Å². The third-order valence-electron chi connectivity index (χ3n) is 5.19. The standard InChI is InChI=1S/C25H33N7O5/c1-7-32-18(12-15(2)30-32)22(34)29-23-28-17-13-16(21(26)33)14-19(36-6)20(17)31(23)11-9-8-10-27-24(35)37-25(3,4)5/h8-9,12-14H,7,10-11H2,1-6H3,(H2,26,33)(H,27,35)(H,28,29,34). The van der Waals surface area contributed by atoms with Crippen molar-refractivity contribution in [2.75, 3.05) is 19.0 Å². The average molecular weight is 512 g/mol. The molecule has 0 bridgehead atoms. The van der Waals surface area contributed by atoms with Gasteiger partial charge in [-0.3, -0.25) is 19.6 Å². The number of hydrogen-bond donors (Lipinski definition) is 3. The van der Waals surface area contributed by atoms with Crippen LogP contribution in [0.3, 0.4) is 0 Å². The number of methoxy groups -OCH3 is 1. The Morgan fingerprint density at radius 2 is 1.89 bits per heavy atom. The molecule has 0 spiro atoms. The lowest BCUT2D eigenvalue weighted by Crippen LogP contribution is -2.32. The van der Waals surface area contributed by atoms with E-state index in [1.54, 1.807) is 54.3 Å². The van der Waals surface area contributed by atoms with Crippen molar-refractivity contribution in [2.24, 2.45) is 5.73 Å². The van der Waals surface area contributed by atoms with Crippen LogP contribution in [0.2, 0.25) is 0 Å². The van der Waals surface area contributed by atoms with Crippen LogP contribution in [0.4, 0.5) is 10.7 Å². The van der Waals surface area contributed by atoms with E-state index in [0.717, 1.165) is 0 Å². The van der Waals surface area contributed by atoms with Crippen molar-refractivity contribution in [3.63, 3.8) is 0 Å². The molecule has 3 aromatic rings. The molecule has 3 amide bonds. The molecule has 0 aliphatic rings. The van der Waals surface area contributed by atoms with E-state index in [0.29, 0.717) is 34.7 Å². The van der Waals surface area contributed by atoms with Gasteiger partial charge in [-0.1, -0.05) is 12.2 Å². The molecule has 0 saturated carbocycles. The number of carbonyl (C=O) groups is 3. The summed E-state index contributed by atoms with van der Waals surface area (Å²) < 4.78 is 14.1. The lowest BCUT2D eigenvalue weighted by Gasteiger charge is -2.19. The Hall–Kier alpha value is -4.35. The minimum Gasteiger partial charge on any atom is -0.494 e. The number of nitrogens with zero attached hydrogens (tertiary/aromatic N) is 4. The van der Waals surface area contributed by atoms with Crippen LogP contribution >= 0.6 is 0 Å². The van der Waals surface area contributed by atoms with Crippen LogP contribution in [-0.4, -0.2) is 56.5 Å². The van der Waals surface area contributed by atoms with Gasteiger partial charge >= 0.3 is 6.09 Å². The van der Waals surface area contributed by atoms with Crippen molar-refractivity contribution in [2.45, 2.75) is 53.3 Å². The molecule has 2 aromatic heterocycles. The first kappa shape index (κ1) is 27.2. The Bertz CT molecular complexity index is 1350. The molecule has 0 saturated heterocycles. The van der Waals surface area contributed by atoms with E-state index in [1.807, 2.05) is 13.8 Å². The van der Waals surface area contributed by atoms with Gasteiger partial charge in [0.25, 0.3) is 5.91 Å². The maximum absolute atomic E-state index is 13.1. The fourth-order valence-electron chi connectivity index (χ4n) is 3.66. The number of primary amides is 1. The van der Waals surface area contributed by atoms with Gasteiger partial charge in [-0.25, -0.2) is 9.78 Å². The molecule has 0 aliphatic heterocycles. The van der Waals surface area contributed by atoms with Gasteiger partial charge in [0.2, 0.25) is 11.9 Å². The van der Waals surface area contributed by atoms with Crippen molar-refractivity contribution in [1.82, 2.24) is 24.6 Å². The van der Waals surface area contributed by atoms with Gasteiger partial charge in [0.15, 0.2) is 0 Å². The normalized spacial score (nSPS) is 11.6. The lowest BCUT2D eigenvalue weighted by molar-refractivity contribution is 0.0533. The SMILES string of the molecule is CCn1nc(C)cc1C(=O)Nc1nc2cc(C(N)=O)cc(OC)c2n1CC=CCNC(=O)OC(C)(C)C. The average Bonchev–Trinajstić information content (AvgIpc) is 3.36. The molecule has 12 nitrogen and oxygen atoms in total. The zero-order valence-corrected chi connectivity index (χ0v) is 21.9. The zero-order chi connectivity index (χ0) is 27.3. The van der Waals surface area contributed by atoms with Crippen molar-refractivity contribution in [1.29, 1.82) is 0 Å². The predicted octanol–water partition coefficient (Wildman–Crippen LogP) is 3.00. The van der Waals surface area contributed by atoms with Crippen molar-refractivity contribution < 1.29 is 23.9 Å². The fraction of sp³-hybridized carbons (Fsp3) is 0.400. The van der Waals surface area contributed by atoms with E-state index in [2.05, 4.69) is 20.7 Å². The Kier molecular flexibility index (Phi) is 8.21. The molecule has 0 aliphatic carbocycles. The largest absolute Gasteiger partial charge is 0.494 e. The van der Waals surface area contributed by atoms with Crippen LogP contribution in [0.5, 0.6) is 5.75 Å². The summed E-state index contributed by atoms with van der Waals surface area (Å²) in [4.78, 5) is 41.4. The molecule has 0 fully saturated rings. The number of benzene rings is 1. The minimum absolute atomic E-state index is 0.226. The number of alkyl carbamates (subject to hydrolysis) is 1. The molecule has 2 heterocycles. The number of ether oxygens (including phenoxy) is 2. The summed E-state index contributed by atoms with van der Waals surface area (Å²) in [5.41, 5.74) is 7.20. The number of hydrogen-bond acceptors (Lipinski definition) is 7. The number of imidazole rings is 1. The summed E-state index contributed by atoms with van der Waals surface area (Å²) >= 11 is 0. The highest BCUT2D eigenvalue weighted by Crippen LogP contribution is 2.31. The summed E-state index contributed by atoms with van der Waals surface area (Å²) in [5.74, 6) is -0.403. The third kappa shape index (κ3) is 6.66. The monoisotopic (exact) mass is 511 g/mol. The second-order valence-electron chi connectivity index (χ2n) is 9.25. The van der Waals surface area contributed by atoms with Crippen LogP contribution in [0.25, 0.3) is 11.0 Å². The number of allylic oxidation sites excluding steroid dienone is 1. The minimum atomic E-state index is -0.629. The molecule has 0 unspecified atom stereocenters. The van der Waals surface area contributed by atoms with Crippen molar-refractivity contribution in [3.8, 4) is 5.75 Å². The Morgan fingerprint density at radius 3 is 2.51 bits per heavy atom. The highest BCUT2D eigenvalue weighted by Gasteiger charge is 2.21. The summed E-state index contributed by atoms with van der Waals surface area (Å²) in [6.07, 6.45) is 3.03. The van der Waals surface area contributed by atoms with Gasteiger partial charge < -0.3 is 25.1 Å². The lowest BCUT2D eigenvalue weighted by atomic mass is 10.1. The summed E-state index contributed by atoms with van der Waals surface area (Å²) in [6.45, 7) is 10.1. The molecular weight excluding hydrogens is 478 g/mol. The van der Waals surface area contributed by atoms with E-state index in [4.69, 9.17) is 15.2 Å². The Morgan fingerprint density at radius 1 is 1.16 bits per heavy atom. The maximum Gasteiger partial charge on any atom is 0.407 e. The van der Waals surface area contributed by atoms with Crippen molar-refractivity contribution >= 4 is 34.9 Å². The second kappa shape index (κ2) is 11.1. The van der Waals surface area contributed by atoms with Crippen LogP contribution < -0.4 is 21.1 Å². The Labute approximate surface area is 214 Å². The van der Waals surface area contributed by atoms with Gasteiger partial charge in [0.1, 0.15) is 22.6 Å². The smallest absolute Gasteiger partial charge is 0.407 e. The second-order valence-corrected chi connectivity index (χ2v) is 9.25. The predicted molar refractivity (Wildman–Crippen MR) is 139 cm³/mol. The highest BCUT2D eigenvalue weighted by molar-refractivity contribution is 6.04. The molecule has 37 heavy (non-hydrogen) atoms. The van der Waals surface area contributed by atoms with Gasteiger partial charge in [0.05, 0.1) is 18.3 Å². The number of aryl methyl sites for hydroxylation is 2. The van der Waals surface area contributed by atoms with Gasteiger partial charge in [-0.05, 0) is 52.8 Å². The van der Waals surface area contributed by atoms with Crippen LogP contribution in [0.15, 0.2) is 30.4 Å². The number of amides is 3. The first-order chi connectivity index (χ1) is 17.4. The highest BCUT2D eigenvalue weighted by atomic mass is 16.6. The van der Waals surface area contributed by atoms with Gasteiger partial charge in [0, 0.05) is 25.2 Å². The van der Waals surface area contributed by atoms with E-state index in [9.17, 15) is 14.4 Å². The zero-order valence-electron chi connectivity index (χ0n) is 21.9. The van der Waals surface area contributed by atoms with E-state index in [-0.39, 0.29) is 30.5 Å². The molecular formula is C25H33N7O5. The molecule has 12 heteroatoms. The molecule has 198 valence electrons. The number of aromatic nitrogens is 4. The quantitative estimate of drug-likeness (QED) is 0.373. The number of nitrogens with two attached hydrogens (primary N) is 1. The first-order valence-corrected chi connectivity index (χ1v) is 11.8.